The van der Waals surface area contributed by atoms with E-state index in [-0.39, 0.29) is 18.1 Å². The monoisotopic (exact) mass is 337 g/mol. The summed E-state index contributed by atoms with van der Waals surface area (Å²) in [6.07, 6.45) is -4.45. The Morgan fingerprint density at radius 2 is 1.83 bits per heavy atom. The van der Waals surface area contributed by atoms with E-state index in [0.29, 0.717) is 23.4 Å². The van der Waals surface area contributed by atoms with Crippen molar-refractivity contribution in [2.45, 2.75) is 26.6 Å². The Balaban J connectivity index is 2.29. The normalized spacial score (nSPS) is 11.2. The number of hydrogen-bond donors (Lipinski definition) is 1. The van der Waals surface area contributed by atoms with E-state index in [9.17, 15) is 18.0 Å². The maximum atomic E-state index is 13.0. The number of ether oxygens (including phenoxy) is 1. The number of benzene rings is 2. The third kappa shape index (κ3) is 4.07. The smallest absolute Gasteiger partial charge is 0.416 e. The van der Waals surface area contributed by atoms with Gasteiger partial charge in [-0.3, -0.25) is 4.79 Å². The molecule has 0 radical (unpaired) electrons. The Kier molecular flexibility index (Phi) is 5.49. The number of rotatable bonds is 5. The maximum Gasteiger partial charge on any atom is 0.416 e. The lowest BCUT2D eigenvalue weighted by atomic mass is 10.1. The second-order valence-electron chi connectivity index (χ2n) is 5.25. The van der Waals surface area contributed by atoms with E-state index < -0.39 is 11.7 Å². The molecule has 0 aliphatic heterocycles. The molecule has 0 saturated heterocycles. The summed E-state index contributed by atoms with van der Waals surface area (Å²) in [5.41, 5.74) is 0.276. The highest BCUT2D eigenvalue weighted by Gasteiger charge is 2.33. The molecule has 0 aromatic heterocycles. The molecule has 0 unspecified atom stereocenters. The van der Waals surface area contributed by atoms with E-state index in [0.717, 1.165) is 6.07 Å². The molecule has 0 atom stereocenters. The van der Waals surface area contributed by atoms with Gasteiger partial charge in [-0.25, -0.2) is 0 Å². The van der Waals surface area contributed by atoms with Gasteiger partial charge in [0.15, 0.2) is 0 Å². The highest BCUT2D eigenvalue weighted by Crippen LogP contribution is 2.33. The van der Waals surface area contributed by atoms with Crippen molar-refractivity contribution in [3.05, 3.63) is 64.7 Å². The van der Waals surface area contributed by atoms with Crippen LogP contribution >= 0.6 is 0 Å². The third-order valence-electron chi connectivity index (χ3n) is 3.49. The molecule has 0 saturated carbocycles. The van der Waals surface area contributed by atoms with Gasteiger partial charge < -0.3 is 10.1 Å². The van der Waals surface area contributed by atoms with Crippen molar-refractivity contribution in [2.24, 2.45) is 0 Å². The van der Waals surface area contributed by atoms with Gasteiger partial charge in [-0.1, -0.05) is 30.3 Å². The molecular formula is C18H18F3NO2. The second kappa shape index (κ2) is 7.38. The van der Waals surface area contributed by atoms with Gasteiger partial charge in [-0.2, -0.15) is 13.2 Å². The first-order valence-corrected chi connectivity index (χ1v) is 7.50. The van der Waals surface area contributed by atoms with Crippen molar-refractivity contribution in [3.63, 3.8) is 0 Å². The zero-order chi connectivity index (χ0) is 17.7. The fraction of sp³-hybridized carbons (Fsp3) is 0.278. The van der Waals surface area contributed by atoms with Gasteiger partial charge in [0.2, 0.25) is 0 Å². The maximum absolute atomic E-state index is 13.0. The van der Waals surface area contributed by atoms with Crippen LogP contribution in [-0.2, 0) is 12.8 Å². The molecule has 2 aromatic rings. The van der Waals surface area contributed by atoms with Crippen molar-refractivity contribution in [3.8, 4) is 5.75 Å². The van der Waals surface area contributed by atoms with Crippen LogP contribution in [0, 0.1) is 6.92 Å². The van der Waals surface area contributed by atoms with Gasteiger partial charge in [0.05, 0.1) is 11.1 Å². The number of carbonyl (C=O) groups is 1. The Bertz CT molecular complexity index is 726. The molecule has 3 nitrogen and oxygen atoms in total. The fourth-order valence-electron chi connectivity index (χ4n) is 2.35. The van der Waals surface area contributed by atoms with Crippen LogP contribution < -0.4 is 10.1 Å². The first-order chi connectivity index (χ1) is 11.3. The molecule has 0 spiro atoms. The third-order valence-corrected chi connectivity index (χ3v) is 3.49. The molecule has 2 aromatic carbocycles. The molecular weight excluding hydrogens is 319 g/mol. The van der Waals surface area contributed by atoms with E-state index in [2.05, 4.69) is 5.32 Å². The van der Waals surface area contributed by atoms with Crippen LogP contribution in [0.15, 0.2) is 42.5 Å². The van der Waals surface area contributed by atoms with E-state index in [4.69, 9.17) is 4.74 Å². The summed E-state index contributed by atoms with van der Waals surface area (Å²) in [7, 11) is 0. The minimum atomic E-state index is -4.45. The molecule has 0 heterocycles. The highest BCUT2D eigenvalue weighted by molar-refractivity contribution is 5.97. The number of hydrogen-bond acceptors (Lipinski definition) is 2. The van der Waals surface area contributed by atoms with Crippen molar-refractivity contribution in [1.82, 2.24) is 5.32 Å². The predicted molar refractivity (Wildman–Crippen MR) is 85.0 cm³/mol. The molecule has 0 aliphatic rings. The summed E-state index contributed by atoms with van der Waals surface area (Å²) in [5.74, 6) is -0.0271. The molecule has 0 aliphatic carbocycles. The van der Waals surface area contributed by atoms with Gasteiger partial charge >= 0.3 is 6.18 Å². The molecule has 0 fully saturated rings. The topological polar surface area (TPSA) is 38.3 Å². The highest BCUT2D eigenvalue weighted by atomic mass is 19.4. The van der Waals surface area contributed by atoms with Gasteiger partial charge in [0.1, 0.15) is 12.4 Å². The number of nitrogens with one attached hydrogen (secondary N) is 1. The first kappa shape index (κ1) is 17.8. The quantitative estimate of drug-likeness (QED) is 0.881. The molecule has 0 bridgehead atoms. The average molecular weight is 337 g/mol. The number of halogens is 3. The first-order valence-electron chi connectivity index (χ1n) is 7.50. The van der Waals surface area contributed by atoms with E-state index >= 15 is 0 Å². The van der Waals surface area contributed by atoms with Crippen molar-refractivity contribution in [2.75, 3.05) is 6.54 Å². The fourth-order valence-corrected chi connectivity index (χ4v) is 2.35. The van der Waals surface area contributed by atoms with Crippen LogP contribution in [0.2, 0.25) is 0 Å². The van der Waals surface area contributed by atoms with Crippen LogP contribution in [0.5, 0.6) is 5.75 Å². The minimum Gasteiger partial charge on any atom is -0.488 e. The van der Waals surface area contributed by atoms with Gasteiger partial charge in [-0.05, 0) is 31.5 Å². The van der Waals surface area contributed by atoms with Gasteiger partial charge in [0, 0.05) is 12.1 Å². The van der Waals surface area contributed by atoms with Crippen molar-refractivity contribution in [1.29, 1.82) is 0 Å². The van der Waals surface area contributed by atoms with Crippen LogP contribution in [0.1, 0.15) is 34.0 Å². The molecule has 2 rings (SSSR count). The van der Waals surface area contributed by atoms with Crippen LogP contribution in [0.3, 0.4) is 0 Å². The lowest BCUT2D eigenvalue weighted by Crippen LogP contribution is -2.23. The summed E-state index contributed by atoms with van der Waals surface area (Å²) >= 11 is 0. The van der Waals surface area contributed by atoms with E-state index in [1.165, 1.54) is 18.2 Å². The van der Waals surface area contributed by atoms with E-state index in [1.807, 2.05) is 0 Å². The van der Waals surface area contributed by atoms with Crippen molar-refractivity contribution >= 4 is 5.91 Å². The molecule has 1 N–H and O–H groups in total. The molecule has 6 heteroatoms. The summed E-state index contributed by atoms with van der Waals surface area (Å²) in [6, 6.07) is 10.3. The SMILES string of the molecule is CCNC(=O)c1cccc(C)c1OCc1ccccc1C(F)(F)F. The van der Waals surface area contributed by atoms with Gasteiger partial charge in [-0.15, -0.1) is 0 Å². The minimum absolute atomic E-state index is 0.0232. The van der Waals surface area contributed by atoms with Crippen LogP contribution in [0.25, 0.3) is 0 Å². The summed E-state index contributed by atoms with van der Waals surface area (Å²) in [5, 5.41) is 2.66. The lowest BCUT2D eigenvalue weighted by Gasteiger charge is -2.16. The largest absolute Gasteiger partial charge is 0.488 e. The predicted octanol–water partition coefficient (Wildman–Crippen LogP) is 4.34. The lowest BCUT2D eigenvalue weighted by molar-refractivity contribution is -0.138. The number of carbonyl (C=O) groups excluding carboxylic acids is 1. The summed E-state index contributed by atoms with van der Waals surface area (Å²) in [4.78, 5) is 12.1. The van der Waals surface area contributed by atoms with Crippen LogP contribution in [-0.4, -0.2) is 12.5 Å². The Morgan fingerprint density at radius 3 is 2.50 bits per heavy atom. The molecule has 128 valence electrons. The average Bonchev–Trinajstić information content (AvgIpc) is 2.53. The molecule has 1 amide bonds. The standard InChI is InChI=1S/C18H18F3NO2/c1-3-22-17(23)14-9-6-7-12(2)16(14)24-11-13-8-4-5-10-15(13)18(19,20)21/h4-10H,3,11H2,1-2H3,(H,22,23). The Hall–Kier alpha value is -2.50. The number of amides is 1. The van der Waals surface area contributed by atoms with Crippen molar-refractivity contribution < 1.29 is 22.7 Å². The summed E-state index contributed by atoms with van der Waals surface area (Å²) < 4.78 is 44.7. The molecule has 24 heavy (non-hydrogen) atoms. The van der Waals surface area contributed by atoms with Gasteiger partial charge in [0.25, 0.3) is 5.91 Å². The summed E-state index contributed by atoms with van der Waals surface area (Å²) in [6.45, 7) is 3.71. The Morgan fingerprint density at radius 1 is 1.12 bits per heavy atom. The van der Waals surface area contributed by atoms with Crippen LogP contribution in [0.4, 0.5) is 13.2 Å². The number of aryl methyl sites for hydroxylation is 1. The zero-order valence-electron chi connectivity index (χ0n) is 13.4. The van der Waals surface area contributed by atoms with E-state index in [1.54, 1.807) is 32.0 Å². The zero-order valence-corrected chi connectivity index (χ0v) is 13.4. The number of alkyl halides is 3. The second-order valence-corrected chi connectivity index (χ2v) is 5.25. The Labute approximate surface area is 138 Å². The number of para-hydroxylation sites is 1.